The molecule has 2 heteroatoms. The predicted octanol–water partition coefficient (Wildman–Crippen LogP) is 1.88. The number of hydrogen-bond acceptors (Lipinski definition) is 2. The van der Waals surface area contributed by atoms with Gasteiger partial charge < -0.3 is 5.32 Å². The molecule has 1 aromatic heterocycles. The Bertz CT molecular complexity index is 441. The molecule has 0 unspecified atom stereocenters. The fourth-order valence-corrected chi connectivity index (χ4v) is 1.73. The topological polar surface area (TPSA) is 34.8 Å². The van der Waals surface area contributed by atoms with Gasteiger partial charge in [-0.1, -0.05) is 18.2 Å². The van der Waals surface area contributed by atoms with Crippen LogP contribution in [0.2, 0.25) is 0 Å². The van der Waals surface area contributed by atoms with Crippen LogP contribution in [0.4, 0.5) is 0 Å². The molecule has 1 aromatic carbocycles. The maximum absolute atomic E-state index is 4.11. The second-order valence-corrected chi connectivity index (χ2v) is 3.40. The third kappa shape index (κ3) is 1.11. The molecule has 64 valence electrons. The molecule has 2 heterocycles. The number of rotatable bonds is 1. The second-order valence-electron chi connectivity index (χ2n) is 3.40. The molecule has 1 saturated heterocycles. The minimum absolute atomic E-state index is 0.575. The molecule has 2 aromatic rings. The summed E-state index contributed by atoms with van der Waals surface area (Å²) in [6, 6.07) is 9.05. The van der Waals surface area contributed by atoms with Crippen LogP contribution >= 0.6 is 0 Å². The molecule has 3 rings (SSSR count). The third-order valence-electron chi connectivity index (χ3n) is 2.50. The highest BCUT2D eigenvalue weighted by Gasteiger charge is 2.23. The Kier molecular flexibility index (Phi) is 1.37. The summed E-state index contributed by atoms with van der Waals surface area (Å²) in [6.45, 7) is 1.11. The zero-order chi connectivity index (χ0) is 8.67. The van der Waals surface area contributed by atoms with Gasteiger partial charge in [-0.3, -0.25) is 4.98 Å². The van der Waals surface area contributed by atoms with E-state index in [1.807, 2.05) is 12.4 Å². The first-order valence-corrected chi connectivity index (χ1v) is 4.51. The van der Waals surface area contributed by atoms with Gasteiger partial charge in [-0.05, 0) is 17.0 Å². The lowest BCUT2D eigenvalue weighted by Crippen LogP contribution is -1.86. The van der Waals surface area contributed by atoms with E-state index in [1.54, 1.807) is 0 Å². The Morgan fingerprint density at radius 2 is 2.23 bits per heavy atom. The Balaban J connectivity index is 2.32. The van der Waals surface area contributed by atoms with Crippen molar-refractivity contribution < 1.29 is 0 Å². The minimum atomic E-state index is 0.575. The van der Waals surface area contributed by atoms with Crippen molar-refractivity contribution in [2.24, 2.45) is 0 Å². The van der Waals surface area contributed by atoms with E-state index in [2.05, 4.69) is 34.6 Å². The number of fused-ring (bicyclic) bond motifs is 1. The maximum Gasteiger partial charge on any atom is 0.0453 e. The van der Waals surface area contributed by atoms with Crippen molar-refractivity contribution in [2.45, 2.75) is 6.04 Å². The van der Waals surface area contributed by atoms with Gasteiger partial charge in [0.1, 0.15) is 0 Å². The largest absolute Gasteiger partial charge is 0.307 e. The summed E-state index contributed by atoms with van der Waals surface area (Å²) in [6.07, 6.45) is 3.77. The van der Waals surface area contributed by atoms with Gasteiger partial charge in [0, 0.05) is 30.4 Å². The minimum Gasteiger partial charge on any atom is -0.307 e. The lowest BCUT2D eigenvalue weighted by Gasteiger charge is -2.02. The predicted molar refractivity (Wildman–Crippen MR) is 52.5 cm³/mol. The fourth-order valence-electron chi connectivity index (χ4n) is 1.73. The van der Waals surface area contributed by atoms with E-state index in [9.17, 15) is 0 Å². The standard InChI is InChI=1S/C11H10N2/c1-2-8-6-12-5-4-9(8)10(3-1)11-7-13-11/h1-6,11,13H,7H2/t11-/m1/s1. The van der Waals surface area contributed by atoms with Crippen LogP contribution < -0.4 is 5.32 Å². The van der Waals surface area contributed by atoms with Crippen LogP contribution in [-0.2, 0) is 0 Å². The molecule has 0 aliphatic carbocycles. The number of pyridine rings is 1. The van der Waals surface area contributed by atoms with Crippen molar-refractivity contribution in [1.82, 2.24) is 10.3 Å². The molecule has 1 N–H and O–H groups in total. The van der Waals surface area contributed by atoms with E-state index in [4.69, 9.17) is 0 Å². The number of nitrogens with one attached hydrogen (secondary N) is 1. The van der Waals surface area contributed by atoms with Crippen LogP contribution in [0.25, 0.3) is 10.8 Å². The van der Waals surface area contributed by atoms with Crippen LogP contribution in [0.3, 0.4) is 0 Å². The summed E-state index contributed by atoms with van der Waals surface area (Å²) in [4.78, 5) is 4.11. The summed E-state index contributed by atoms with van der Waals surface area (Å²) < 4.78 is 0. The molecular formula is C11H10N2. The van der Waals surface area contributed by atoms with E-state index in [1.165, 1.54) is 16.3 Å². The average Bonchev–Trinajstić information content (AvgIpc) is 3.00. The molecular weight excluding hydrogens is 160 g/mol. The third-order valence-corrected chi connectivity index (χ3v) is 2.50. The number of aromatic nitrogens is 1. The lowest BCUT2D eigenvalue weighted by atomic mass is 10.0. The van der Waals surface area contributed by atoms with Gasteiger partial charge in [0.25, 0.3) is 0 Å². The first kappa shape index (κ1) is 7.04. The molecule has 1 aliphatic rings. The van der Waals surface area contributed by atoms with Gasteiger partial charge in [-0.15, -0.1) is 0 Å². The summed E-state index contributed by atoms with van der Waals surface area (Å²) in [5.41, 5.74) is 1.40. The highest BCUT2D eigenvalue weighted by Crippen LogP contribution is 2.28. The molecule has 0 bridgehead atoms. The van der Waals surface area contributed by atoms with Crippen LogP contribution in [0.5, 0.6) is 0 Å². The number of nitrogens with zero attached hydrogens (tertiary/aromatic N) is 1. The Hall–Kier alpha value is -1.41. The van der Waals surface area contributed by atoms with Gasteiger partial charge in [-0.2, -0.15) is 0 Å². The summed E-state index contributed by atoms with van der Waals surface area (Å²) in [5, 5.41) is 5.88. The smallest absolute Gasteiger partial charge is 0.0453 e. The molecule has 0 amide bonds. The first-order valence-electron chi connectivity index (χ1n) is 4.51. The van der Waals surface area contributed by atoms with Crippen molar-refractivity contribution in [3.8, 4) is 0 Å². The van der Waals surface area contributed by atoms with Gasteiger partial charge in [0.2, 0.25) is 0 Å². The second kappa shape index (κ2) is 2.54. The monoisotopic (exact) mass is 170 g/mol. The Morgan fingerprint density at radius 1 is 1.31 bits per heavy atom. The quantitative estimate of drug-likeness (QED) is 0.663. The molecule has 13 heavy (non-hydrogen) atoms. The molecule has 1 atom stereocenters. The molecule has 2 nitrogen and oxygen atoms in total. The maximum atomic E-state index is 4.11. The number of benzene rings is 1. The van der Waals surface area contributed by atoms with Gasteiger partial charge in [0.15, 0.2) is 0 Å². The molecule has 1 aliphatic heterocycles. The van der Waals surface area contributed by atoms with E-state index < -0.39 is 0 Å². The van der Waals surface area contributed by atoms with E-state index in [-0.39, 0.29) is 0 Å². The van der Waals surface area contributed by atoms with Gasteiger partial charge in [0.05, 0.1) is 0 Å². The molecule has 1 fully saturated rings. The van der Waals surface area contributed by atoms with E-state index in [0.29, 0.717) is 6.04 Å². The highest BCUT2D eigenvalue weighted by molar-refractivity contribution is 5.85. The Morgan fingerprint density at radius 3 is 3.08 bits per heavy atom. The van der Waals surface area contributed by atoms with Crippen LogP contribution in [0, 0.1) is 0 Å². The normalized spacial score (nSPS) is 20.5. The average molecular weight is 170 g/mol. The van der Waals surface area contributed by atoms with Crippen LogP contribution in [0.15, 0.2) is 36.7 Å². The zero-order valence-corrected chi connectivity index (χ0v) is 7.20. The van der Waals surface area contributed by atoms with E-state index >= 15 is 0 Å². The summed E-state index contributed by atoms with van der Waals surface area (Å²) >= 11 is 0. The number of hydrogen-bond donors (Lipinski definition) is 1. The van der Waals surface area contributed by atoms with Crippen molar-refractivity contribution >= 4 is 10.8 Å². The molecule has 0 spiro atoms. The molecule has 0 radical (unpaired) electrons. The van der Waals surface area contributed by atoms with Crippen LogP contribution in [0.1, 0.15) is 11.6 Å². The van der Waals surface area contributed by atoms with Crippen molar-refractivity contribution in [2.75, 3.05) is 6.54 Å². The van der Waals surface area contributed by atoms with Crippen molar-refractivity contribution in [3.05, 3.63) is 42.2 Å². The Labute approximate surface area is 76.6 Å². The van der Waals surface area contributed by atoms with E-state index in [0.717, 1.165) is 6.54 Å². The summed E-state index contributed by atoms with van der Waals surface area (Å²) in [5.74, 6) is 0. The van der Waals surface area contributed by atoms with Gasteiger partial charge in [-0.25, -0.2) is 0 Å². The zero-order valence-electron chi connectivity index (χ0n) is 7.20. The van der Waals surface area contributed by atoms with Crippen molar-refractivity contribution in [1.29, 1.82) is 0 Å². The first-order chi connectivity index (χ1) is 6.45. The van der Waals surface area contributed by atoms with Crippen LogP contribution in [-0.4, -0.2) is 11.5 Å². The highest BCUT2D eigenvalue weighted by atomic mass is 15.1. The lowest BCUT2D eigenvalue weighted by molar-refractivity contribution is 1.09. The fraction of sp³-hybridized carbons (Fsp3) is 0.182. The molecule has 0 saturated carbocycles. The summed E-state index contributed by atoms with van der Waals surface area (Å²) in [7, 11) is 0. The SMILES string of the molecule is c1cc([C@H]2CN2)c2ccncc2c1. The van der Waals surface area contributed by atoms with Gasteiger partial charge >= 0.3 is 0 Å². The van der Waals surface area contributed by atoms with Crippen molar-refractivity contribution in [3.63, 3.8) is 0 Å².